The van der Waals surface area contributed by atoms with Crippen LogP contribution in [0.2, 0.25) is 0 Å². The zero-order chi connectivity index (χ0) is 8.10. The highest BCUT2D eigenvalue weighted by atomic mass is 16.7. The Morgan fingerprint density at radius 1 is 1.55 bits per heavy atom. The first-order valence-electron chi connectivity index (χ1n) is 4.26. The quantitative estimate of drug-likeness (QED) is 0.582. The van der Waals surface area contributed by atoms with E-state index in [0.717, 1.165) is 13.0 Å². The van der Waals surface area contributed by atoms with Crippen molar-refractivity contribution in [3.05, 3.63) is 12.2 Å². The number of hydrogen-bond donors (Lipinski definition) is 0. The number of hydrogen-bond acceptors (Lipinski definition) is 2. The van der Waals surface area contributed by atoms with Gasteiger partial charge >= 0.3 is 0 Å². The standard InChI is InChI=1S/C9H16O2/c1-3-4-5-6-9-10-7-8(2)11-9/h5-6,8-9H,3-4,7H2,1-2H3/b6-5+. The molecule has 1 heterocycles. The minimum atomic E-state index is -0.0865. The van der Waals surface area contributed by atoms with Crippen LogP contribution in [0.25, 0.3) is 0 Å². The molecule has 0 aromatic rings. The van der Waals surface area contributed by atoms with E-state index in [1.54, 1.807) is 0 Å². The summed E-state index contributed by atoms with van der Waals surface area (Å²) in [5.41, 5.74) is 0. The monoisotopic (exact) mass is 156 g/mol. The van der Waals surface area contributed by atoms with Crippen molar-refractivity contribution >= 4 is 0 Å². The molecule has 64 valence electrons. The number of rotatable bonds is 3. The van der Waals surface area contributed by atoms with Gasteiger partial charge in [0.2, 0.25) is 0 Å². The lowest BCUT2D eigenvalue weighted by Gasteiger charge is -2.02. The molecule has 0 aromatic carbocycles. The molecule has 2 unspecified atom stereocenters. The minimum Gasteiger partial charge on any atom is -0.346 e. The van der Waals surface area contributed by atoms with E-state index in [9.17, 15) is 0 Å². The van der Waals surface area contributed by atoms with Gasteiger partial charge in [0.05, 0.1) is 12.7 Å². The lowest BCUT2D eigenvalue weighted by Crippen LogP contribution is -2.05. The molecule has 1 rings (SSSR count). The molecule has 0 spiro atoms. The summed E-state index contributed by atoms with van der Waals surface area (Å²) in [6.07, 6.45) is 6.56. The van der Waals surface area contributed by atoms with Crippen LogP contribution < -0.4 is 0 Å². The zero-order valence-corrected chi connectivity index (χ0v) is 7.25. The molecule has 0 N–H and O–H groups in total. The first-order chi connectivity index (χ1) is 5.33. The highest BCUT2D eigenvalue weighted by molar-refractivity contribution is 4.87. The lowest BCUT2D eigenvalue weighted by molar-refractivity contribution is -0.0162. The molecule has 2 nitrogen and oxygen atoms in total. The van der Waals surface area contributed by atoms with Crippen LogP contribution in [-0.2, 0) is 9.47 Å². The van der Waals surface area contributed by atoms with Crippen molar-refractivity contribution in [3.8, 4) is 0 Å². The lowest BCUT2D eigenvalue weighted by atomic mass is 10.3. The predicted octanol–water partition coefficient (Wildman–Crippen LogP) is 2.10. The molecule has 2 heteroatoms. The smallest absolute Gasteiger partial charge is 0.177 e. The average molecular weight is 156 g/mol. The van der Waals surface area contributed by atoms with Crippen LogP contribution >= 0.6 is 0 Å². The van der Waals surface area contributed by atoms with Gasteiger partial charge in [-0.15, -0.1) is 0 Å². The van der Waals surface area contributed by atoms with Gasteiger partial charge in [-0.1, -0.05) is 19.4 Å². The van der Waals surface area contributed by atoms with Crippen LogP contribution in [0.4, 0.5) is 0 Å². The molecule has 0 aromatic heterocycles. The van der Waals surface area contributed by atoms with E-state index in [1.807, 2.05) is 13.0 Å². The molecular formula is C9H16O2. The minimum absolute atomic E-state index is 0.0865. The van der Waals surface area contributed by atoms with Gasteiger partial charge in [-0.3, -0.25) is 0 Å². The van der Waals surface area contributed by atoms with Gasteiger partial charge in [0.1, 0.15) is 0 Å². The summed E-state index contributed by atoms with van der Waals surface area (Å²) in [4.78, 5) is 0. The van der Waals surface area contributed by atoms with E-state index in [2.05, 4.69) is 13.0 Å². The molecule has 1 aliphatic heterocycles. The van der Waals surface area contributed by atoms with Crippen molar-refractivity contribution < 1.29 is 9.47 Å². The maximum atomic E-state index is 5.40. The van der Waals surface area contributed by atoms with Crippen LogP contribution in [-0.4, -0.2) is 19.0 Å². The molecule has 1 fully saturated rings. The third-order valence-corrected chi connectivity index (χ3v) is 1.61. The highest BCUT2D eigenvalue weighted by Crippen LogP contribution is 2.11. The Morgan fingerprint density at radius 3 is 2.91 bits per heavy atom. The Kier molecular flexibility index (Phi) is 3.60. The summed E-state index contributed by atoms with van der Waals surface area (Å²) in [5, 5.41) is 0. The van der Waals surface area contributed by atoms with Crippen LogP contribution in [0, 0.1) is 0 Å². The van der Waals surface area contributed by atoms with Crippen molar-refractivity contribution in [2.75, 3.05) is 6.61 Å². The van der Waals surface area contributed by atoms with E-state index >= 15 is 0 Å². The Bertz CT molecular complexity index is 132. The number of unbranched alkanes of at least 4 members (excludes halogenated alkanes) is 1. The fraction of sp³-hybridized carbons (Fsp3) is 0.778. The van der Waals surface area contributed by atoms with Crippen molar-refractivity contribution in [1.82, 2.24) is 0 Å². The van der Waals surface area contributed by atoms with E-state index in [1.165, 1.54) is 6.42 Å². The topological polar surface area (TPSA) is 18.5 Å². The van der Waals surface area contributed by atoms with Crippen molar-refractivity contribution in [1.29, 1.82) is 0 Å². The first-order valence-corrected chi connectivity index (χ1v) is 4.26. The largest absolute Gasteiger partial charge is 0.346 e. The van der Waals surface area contributed by atoms with Crippen molar-refractivity contribution in [2.24, 2.45) is 0 Å². The summed E-state index contributed by atoms with van der Waals surface area (Å²) < 4.78 is 10.7. The molecule has 0 saturated carbocycles. The summed E-state index contributed by atoms with van der Waals surface area (Å²) in [7, 11) is 0. The Hall–Kier alpha value is -0.340. The SMILES string of the molecule is CCC/C=C/C1OCC(C)O1. The maximum absolute atomic E-state index is 5.40. The summed E-state index contributed by atoms with van der Waals surface area (Å²) in [6.45, 7) is 4.90. The number of allylic oxidation sites excluding steroid dienone is 1. The second-order valence-electron chi connectivity index (χ2n) is 2.87. The van der Waals surface area contributed by atoms with E-state index in [-0.39, 0.29) is 12.4 Å². The van der Waals surface area contributed by atoms with Gasteiger partial charge < -0.3 is 9.47 Å². The average Bonchev–Trinajstić information content (AvgIpc) is 2.37. The molecule has 0 bridgehead atoms. The van der Waals surface area contributed by atoms with E-state index in [4.69, 9.17) is 9.47 Å². The molecule has 1 saturated heterocycles. The fourth-order valence-electron chi connectivity index (χ4n) is 1.01. The van der Waals surface area contributed by atoms with E-state index < -0.39 is 0 Å². The molecule has 0 radical (unpaired) electrons. The summed E-state index contributed by atoms with van der Waals surface area (Å²) in [5.74, 6) is 0. The zero-order valence-electron chi connectivity index (χ0n) is 7.25. The Labute approximate surface area is 68.2 Å². The fourth-order valence-corrected chi connectivity index (χ4v) is 1.01. The van der Waals surface area contributed by atoms with Gasteiger partial charge in [0, 0.05) is 0 Å². The highest BCUT2D eigenvalue weighted by Gasteiger charge is 2.18. The van der Waals surface area contributed by atoms with E-state index in [0.29, 0.717) is 0 Å². The van der Waals surface area contributed by atoms with Gasteiger partial charge in [-0.25, -0.2) is 0 Å². The van der Waals surface area contributed by atoms with Gasteiger partial charge in [0.15, 0.2) is 6.29 Å². The Morgan fingerprint density at radius 2 is 2.36 bits per heavy atom. The van der Waals surface area contributed by atoms with Crippen LogP contribution in [0.1, 0.15) is 26.7 Å². The second-order valence-corrected chi connectivity index (χ2v) is 2.87. The predicted molar refractivity (Wildman–Crippen MR) is 44.3 cm³/mol. The van der Waals surface area contributed by atoms with Crippen molar-refractivity contribution in [2.45, 2.75) is 39.1 Å². The molecule has 2 atom stereocenters. The van der Waals surface area contributed by atoms with Gasteiger partial charge in [0.25, 0.3) is 0 Å². The van der Waals surface area contributed by atoms with Crippen LogP contribution in [0.3, 0.4) is 0 Å². The molecule has 0 aliphatic carbocycles. The maximum Gasteiger partial charge on any atom is 0.177 e. The normalized spacial score (nSPS) is 31.8. The summed E-state index contributed by atoms with van der Waals surface area (Å²) in [6, 6.07) is 0. The third-order valence-electron chi connectivity index (χ3n) is 1.61. The third kappa shape index (κ3) is 3.04. The first kappa shape index (κ1) is 8.75. The Balaban J connectivity index is 2.17. The molecular weight excluding hydrogens is 140 g/mol. The van der Waals surface area contributed by atoms with Crippen molar-refractivity contribution in [3.63, 3.8) is 0 Å². The van der Waals surface area contributed by atoms with Gasteiger partial charge in [-0.05, 0) is 19.4 Å². The van der Waals surface area contributed by atoms with Gasteiger partial charge in [-0.2, -0.15) is 0 Å². The molecule has 11 heavy (non-hydrogen) atoms. The number of ether oxygens (including phenoxy) is 2. The second kappa shape index (κ2) is 4.52. The molecule has 0 amide bonds. The van der Waals surface area contributed by atoms with Crippen LogP contribution in [0.5, 0.6) is 0 Å². The van der Waals surface area contributed by atoms with Crippen LogP contribution in [0.15, 0.2) is 12.2 Å². The summed E-state index contributed by atoms with van der Waals surface area (Å²) >= 11 is 0. The molecule has 1 aliphatic rings.